The minimum atomic E-state index is -1.09. The number of carbonyl (C=O) groups is 2. The van der Waals surface area contributed by atoms with Crippen molar-refractivity contribution in [3.63, 3.8) is 0 Å². The maximum absolute atomic E-state index is 12.0. The Morgan fingerprint density at radius 3 is 2.71 bits per heavy atom. The number of carboxylic acid groups (broad SMARTS) is 1. The number of nitrogens with one attached hydrogen (secondary N) is 1. The number of aliphatic carboxylic acids is 1. The lowest BCUT2D eigenvalue weighted by Crippen LogP contribution is -2.36. The van der Waals surface area contributed by atoms with E-state index in [-0.39, 0.29) is 6.54 Å². The van der Waals surface area contributed by atoms with Gasteiger partial charge in [-0.15, -0.1) is 0 Å². The van der Waals surface area contributed by atoms with E-state index in [9.17, 15) is 14.7 Å². The second-order valence-corrected chi connectivity index (χ2v) is 4.83. The largest absolute Gasteiger partial charge is 0.479 e. The summed E-state index contributed by atoms with van der Waals surface area (Å²) in [6, 6.07) is 6.05. The normalized spacial score (nSPS) is 11.9. The van der Waals surface area contributed by atoms with Crippen molar-refractivity contribution >= 4 is 11.9 Å². The summed E-state index contributed by atoms with van der Waals surface area (Å²) in [5, 5.41) is 15.8. The van der Waals surface area contributed by atoms with Crippen LogP contribution < -0.4 is 5.32 Å². The summed E-state index contributed by atoms with van der Waals surface area (Å²) in [5.41, 5.74) is 2.45. The van der Waals surface area contributed by atoms with Crippen molar-refractivity contribution in [2.24, 2.45) is 0 Å². The fourth-order valence-electron chi connectivity index (χ4n) is 2.11. The molecular formula is C15H17N3O3. The van der Waals surface area contributed by atoms with Crippen LogP contribution in [0.15, 0.2) is 36.7 Å². The molecule has 110 valence electrons. The summed E-state index contributed by atoms with van der Waals surface area (Å²) in [5.74, 6) is -1.48. The molecule has 21 heavy (non-hydrogen) atoms. The minimum Gasteiger partial charge on any atom is -0.479 e. The Bertz CT molecular complexity index is 650. The first-order chi connectivity index (χ1) is 9.99. The number of aryl methyl sites for hydroxylation is 1. The molecule has 6 heteroatoms. The Labute approximate surface area is 122 Å². The van der Waals surface area contributed by atoms with Crippen molar-refractivity contribution in [2.45, 2.75) is 26.4 Å². The molecule has 1 aromatic carbocycles. The van der Waals surface area contributed by atoms with Crippen LogP contribution >= 0.6 is 0 Å². The van der Waals surface area contributed by atoms with Crippen molar-refractivity contribution in [2.75, 3.05) is 0 Å². The van der Waals surface area contributed by atoms with Gasteiger partial charge in [0.15, 0.2) is 6.04 Å². The molecule has 1 aromatic heterocycles. The van der Waals surface area contributed by atoms with Crippen LogP contribution in [0.4, 0.5) is 0 Å². The Hall–Kier alpha value is -2.63. The fraction of sp³-hybridized carbons (Fsp3) is 0.267. The second-order valence-electron chi connectivity index (χ2n) is 4.83. The van der Waals surface area contributed by atoms with Gasteiger partial charge in [0.1, 0.15) is 6.54 Å². The molecule has 0 saturated heterocycles. The first kappa shape index (κ1) is 14.8. The molecule has 0 aliphatic carbocycles. The molecule has 0 saturated carbocycles. The van der Waals surface area contributed by atoms with Gasteiger partial charge in [0.2, 0.25) is 5.91 Å². The second kappa shape index (κ2) is 6.21. The highest BCUT2D eigenvalue weighted by atomic mass is 16.4. The van der Waals surface area contributed by atoms with Crippen LogP contribution in [0.3, 0.4) is 0 Å². The van der Waals surface area contributed by atoms with E-state index < -0.39 is 17.9 Å². The lowest BCUT2D eigenvalue weighted by atomic mass is 9.97. The maximum atomic E-state index is 12.0. The monoisotopic (exact) mass is 287 g/mol. The van der Waals surface area contributed by atoms with Gasteiger partial charge in [-0.2, -0.15) is 5.10 Å². The van der Waals surface area contributed by atoms with Gasteiger partial charge in [0.25, 0.3) is 0 Å². The van der Waals surface area contributed by atoms with Crippen molar-refractivity contribution in [3.05, 3.63) is 53.3 Å². The highest BCUT2D eigenvalue weighted by Gasteiger charge is 2.24. The summed E-state index contributed by atoms with van der Waals surface area (Å²) in [6.45, 7) is 3.74. The Morgan fingerprint density at radius 2 is 2.10 bits per heavy atom. The maximum Gasteiger partial charge on any atom is 0.330 e. The van der Waals surface area contributed by atoms with Crippen molar-refractivity contribution in [3.8, 4) is 0 Å². The fourth-order valence-corrected chi connectivity index (χ4v) is 2.11. The average Bonchev–Trinajstić information content (AvgIpc) is 2.92. The van der Waals surface area contributed by atoms with Gasteiger partial charge in [0, 0.05) is 12.4 Å². The molecular weight excluding hydrogens is 270 g/mol. The van der Waals surface area contributed by atoms with Gasteiger partial charge in [-0.1, -0.05) is 18.2 Å². The highest BCUT2D eigenvalue weighted by Crippen LogP contribution is 2.20. The molecule has 1 atom stereocenters. The molecule has 1 heterocycles. The zero-order chi connectivity index (χ0) is 15.4. The molecule has 2 aromatic rings. The first-order valence-corrected chi connectivity index (χ1v) is 6.54. The van der Waals surface area contributed by atoms with Gasteiger partial charge in [-0.3, -0.25) is 9.48 Å². The Kier molecular flexibility index (Phi) is 4.37. The third-order valence-electron chi connectivity index (χ3n) is 3.37. The smallest absolute Gasteiger partial charge is 0.330 e. The first-order valence-electron chi connectivity index (χ1n) is 6.54. The number of aromatic nitrogens is 2. The van der Waals surface area contributed by atoms with Crippen LogP contribution in [-0.4, -0.2) is 26.8 Å². The van der Waals surface area contributed by atoms with Gasteiger partial charge in [-0.25, -0.2) is 4.79 Å². The summed E-state index contributed by atoms with van der Waals surface area (Å²) < 4.78 is 1.44. The summed E-state index contributed by atoms with van der Waals surface area (Å²) >= 11 is 0. The van der Waals surface area contributed by atoms with Gasteiger partial charge >= 0.3 is 5.97 Å². The molecule has 1 amide bonds. The number of nitrogens with zero attached hydrogens (tertiary/aromatic N) is 2. The van der Waals surface area contributed by atoms with E-state index in [2.05, 4.69) is 10.4 Å². The van der Waals surface area contributed by atoms with Gasteiger partial charge in [-0.05, 0) is 36.6 Å². The molecule has 0 bridgehead atoms. The molecule has 0 spiro atoms. The standard InChI is InChI=1S/C15H17N3O3/c1-10-5-3-6-12(11(10)2)14(15(20)21)17-13(19)9-18-8-4-7-16-18/h3-8,14H,9H2,1-2H3,(H,17,19)(H,20,21). The zero-order valence-corrected chi connectivity index (χ0v) is 11.9. The van der Waals surface area contributed by atoms with Crippen LogP contribution in [0, 0.1) is 13.8 Å². The van der Waals surface area contributed by atoms with E-state index in [4.69, 9.17) is 0 Å². The number of carboxylic acids is 1. The number of hydrogen-bond donors (Lipinski definition) is 2. The van der Waals surface area contributed by atoms with Crippen LogP contribution in [0.25, 0.3) is 0 Å². The average molecular weight is 287 g/mol. The van der Waals surface area contributed by atoms with Crippen molar-refractivity contribution in [1.82, 2.24) is 15.1 Å². The molecule has 2 rings (SSSR count). The summed E-state index contributed by atoms with van der Waals surface area (Å²) in [7, 11) is 0. The number of amides is 1. The van der Waals surface area contributed by atoms with E-state index in [0.717, 1.165) is 11.1 Å². The van der Waals surface area contributed by atoms with Crippen LogP contribution in [0.1, 0.15) is 22.7 Å². The molecule has 1 unspecified atom stereocenters. The van der Waals surface area contributed by atoms with Crippen molar-refractivity contribution < 1.29 is 14.7 Å². The zero-order valence-electron chi connectivity index (χ0n) is 11.9. The molecule has 0 fully saturated rings. The van der Waals surface area contributed by atoms with E-state index in [0.29, 0.717) is 5.56 Å². The van der Waals surface area contributed by atoms with E-state index in [1.54, 1.807) is 30.6 Å². The predicted molar refractivity (Wildman–Crippen MR) is 76.7 cm³/mol. The van der Waals surface area contributed by atoms with E-state index in [1.807, 2.05) is 19.9 Å². The highest BCUT2D eigenvalue weighted by molar-refractivity contribution is 5.84. The summed E-state index contributed by atoms with van der Waals surface area (Å²) in [4.78, 5) is 23.4. The topological polar surface area (TPSA) is 84.2 Å². The van der Waals surface area contributed by atoms with E-state index in [1.165, 1.54) is 4.68 Å². The van der Waals surface area contributed by atoms with Crippen LogP contribution in [0.5, 0.6) is 0 Å². The number of benzene rings is 1. The number of hydrogen-bond acceptors (Lipinski definition) is 3. The molecule has 0 aliphatic heterocycles. The number of carbonyl (C=O) groups excluding carboxylic acids is 1. The van der Waals surface area contributed by atoms with Crippen LogP contribution in [-0.2, 0) is 16.1 Å². The molecule has 0 aliphatic rings. The SMILES string of the molecule is Cc1cccc(C(NC(=O)Cn2cccn2)C(=O)O)c1C. The van der Waals surface area contributed by atoms with E-state index >= 15 is 0 Å². The molecule has 2 N–H and O–H groups in total. The third kappa shape index (κ3) is 3.47. The van der Waals surface area contributed by atoms with Crippen molar-refractivity contribution in [1.29, 1.82) is 0 Å². The summed E-state index contributed by atoms with van der Waals surface area (Å²) in [6.07, 6.45) is 3.21. The van der Waals surface area contributed by atoms with Gasteiger partial charge < -0.3 is 10.4 Å². The lowest BCUT2D eigenvalue weighted by molar-refractivity contribution is -0.142. The lowest BCUT2D eigenvalue weighted by Gasteiger charge is -2.18. The Balaban J connectivity index is 2.18. The minimum absolute atomic E-state index is 0.0123. The number of rotatable bonds is 5. The predicted octanol–water partition coefficient (Wildman–Crippen LogP) is 1.44. The third-order valence-corrected chi connectivity index (χ3v) is 3.37. The van der Waals surface area contributed by atoms with Crippen LogP contribution in [0.2, 0.25) is 0 Å². The Morgan fingerprint density at radius 1 is 1.33 bits per heavy atom. The quantitative estimate of drug-likeness (QED) is 0.871. The van der Waals surface area contributed by atoms with Gasteiger partial charge in [0.05, 0.1) is 0 Å². The molecule has 6 nitrogen and oxygen atoms in total. The molecule has 0 radical (unpaired) electrons.